The van der Waals surface area contributed by atoms with E-state index in [-0.39, 0.29) is 23.3 Å². The molecule has 0 spiro atoms. The van der Waals surface area contributed by atoms with E-state index < -0.39 is 0 Å². The Hall–Kier alpha value is -1.35. The number of rotatable bonds is 2. The second kappa shape index (κ2) is 5.21. The monoisotopic (exact) mass is 272 g/mol. The van der Waals surface area contributed by atoms with Crippen LogP contribution in [0.5, 0.6) is 0 Å². The molecule has 20 heavy (non-hydrogen) atoms. The lowest BCUT2D eigenvalue weighted by atomic mass is 9.86. The molecule has 0 aromatic heterocycles. The first-order valence-corrected chi connectivity index (χ1v) is 7.68. The Morgan fingerprint density at radius 1 is 1.25 bits per heavy atom. The minimum absolute atomic E-state index is 0.155. The van der Waals surface area contributed by atoms with Crippen molar-refractivity contribution in [3.63, 3.8) is 0 Å². The molecule has 3 nitrogen and oxygen atoms in total. The first kappa shape index (κ1) is 13.6. The molecule has 2 N–H and O–H groups in total. The van der Waals surface area contributed by atoms with Crippen LogP contribution in [0.25, 0.3) is 0 Å². The summed E-state index contributed by atoms with van der Waals surface area (Å²) in [7, 11) is 0. The van der Waals surface area contributed by atoms with Gasteiger partial charge < -0.3 is 10.6 Å². The van der Waals surface area contributed by atoms with Gasteiger partial charge in [-0.2, -0.15) is 0 Å². The standard InChI is InChI=1S/C17H24N2O/c1-17(2)11-15(13-5-3-4-6-14(13)17)19-16(20)12-7-9-18-10-8-12/h3-6,12,15,18H,7-11H2,1-2H3,(H,19,20). The van der Waals surface area contributed by atoms with Gasteiger partial charge in [0.15, 0.2) is 0 Å². The molecule has 108 valence electrons. The van der Waals surface area contributed by atoms with Gasteiger partial charge in [-0.1, -0.05) is 38.1 Å². The zero-order chi connectivity index (χ0) is 14.2. The molecule has 0 saturated carbocycles. The Balaban J connectivity index is 1.74. The molecule has 0 bridgehead atoms. The number of carbonyl (C=O) groups is 1. The normalized spacial score (nSPS) is 25.2. The van der Waals surface area contributed by atoms with Gasteiger partial charge in [-0.15, -0.1) is 0 Å². The van der Waals surface area contributed by atoms with Crippen molar-refractivity contribution in [2.75, 3.05) is 13.1 Å². The van der Waals surface area contributed by atoms with Gasteiger partial charge >= 0.3 is 0 Å². The topological polar surface area (TPSA) is 41.1 Å². The van der Waals surface area contributed by atoms with E-state index >= 15 is 0 Å². The first-order valence-electron chi connectivity index (χ1n) is 7.68. The Kier molecular flexibility index (Phi) is 3.55. The van der Waals surface area contributed by atoms with Gasteiger partial charge in [-0.3, -0.25) is 4.79 Å². The van der Waals surface area contributed by atoms with Crippen LogP contribution in [0.15, 0.2) is 24.3 Å². The molecule has 1 aromatic rings. The van der Waals surface area contributed by atoms with E-state index in [0.29, 0.717) is 0 Å². The van der Waals surface area contributed by atoms with E-state index in [4.69, 9.17) is 0 Å². The fraction of sp³-hybridized carbons (Fsp3) is 0.588. The van der Waals surface area contributed by atoms with Crippen molar-refractivity contribution in [2.24, 2.45) is 5.92 Å². The highest BCUT2D eigenvalue weighted by molar-refractivity contribution is 5.79. The summed E-state index contributed by atoms with van der Waals surface area (Å²) in [4.78, 5) is 12.4. The molecule has 1 amide bonds. The maximum atomic E-state index is 12.4. The molecule has 1 fully saturated rings. The summed E-state index contributed by atoms with van der Waals surface area (Å²) in [6, 6.07) is 8.72. The quantitative estimate of drug-likeness (QED) is 0.868. The fourth-order valence-electron chi connectivity index (χ4n) is 3.65. The molecule has 3 heteroatoms. The molecular formula is C17H24N2O. The largest absolute Gasteiger partial charge is 0.349 e. The van der Waals surface area contributed by atoms with Gasteiger partial charge in [0.2, 0.25) is 5.91 Å². The second-order valence-corrected chi connectivity index (χ2v) is 6.76. The Morgan fingerprint density at radius 2 is 1.95 bits per heavy atom. The predicted molar refractivity (Wildman–Crippen MR) is 80.6 cm³/mol. The lowest BCUT2D eigenvalue weighted by molar-refractivity contribution is -0.126. The van der Waals surface area contributed by atoms with Crippen LogP contribution in [0.2, 0.25) is 0 Å². The Labute approximate surface area is 121 Å². The van der Waals surface area contributed by atoms with Crippen LogP contribution in [0, 0.1) is 5.92 Å². The van der Waals surface area contributed by atoms with Gasteiger partial charge in [0.05, 0.1) is 6.04 Å². The fourth-order valence-corrected chi connectivity index (χ4v) is 3.65. The van der Waals surface area contributed by atoms with Gasteiger partial charge in [-0.05, 0) is 48.9 Å². The van der Waals surface area contributed by atoms with Crippen molar-refractivity contribution >= 4 is 5.91 Å². The maximum absolute atomic E-state index is 12.4. The van der Waals surface area contributed by atoms with E-state index in [1.165, 1.54) is 11.1 Å². The minimum Gasteiger partial charge on any atom is -0.349 e. The predicted octanol–water partition coefficient (Wildman–Crippen LogP) is 2.52. The Morgan fingerprint density at radius 3 is 2.70 bits per heavy atom. The lowest BCUT2D eigenvalue weighted by Gasteiger charge is -2.25. The van der Waals surface area contributed by atoms with E-state index in [1.54, 1.807) is 0 Å². The average molecular weight is 272 g/mol. The highest BCUT2D eigenvalue weighted by atomic mass is 16.1. The summed E-state index contributed by atoms with van der Waals surface area (Å²) in [5, 5.41) is 6.61. The number of benzene rings is 1. The minimum atomic E-state index is 0.155. The van der Waals surface area contributed by atoms with Crippen molar-refractivity contribution in [1.82, 2.24) is 10.6 Å². The average Bonchev–Trinajstić information content (AvgIpc) is 2.72. The number of hydrogen-bond acceptors (Lipinski definition) is 2. The molecule has 1 atom stereocenters. The third kappa shape index (κ3) is 2.47. The number of carbonyl (C=O) groups excluding carboxylic acids is 1. The van der Waals surface area contributed by atoms with E-state index in [1.807, 2.05) is 0 Å². The molecule has 2 aliphatic rings. The molecule has 0 radical (unpaired) electrons. The molecule has 1 unspecified atom stereocenters. The third-order valence-electron chi connectivity index (χ3n) is 4.81. The second-order valence-electron chi connectivity index (χ2n) is 6.76. The molecule has 1 aromatic carbocycles. The van der Waals surface area contributed by atoms with Crippen molar-refractivity contribution in [1.29, 1.82) is 0 Å². The van der Waals surface area contributed by atoms with E-state index in [9.17, 15) is 4.79 Å². The summed E-state index contributed by atoms with van der Waals surface area (Å²) >= 11 is 0. The van der Waals surface area contributed by atoms with Gasteiger partial charge in [0.25, 0.3) is 0 Å². The van der Waals surface area contributed by atoms with Gasteiger partial charge in [0, 0.05) is 5.92 Å². The zero-order valence-corrected chi connectivity index (χ0v) is 12.4. The number of nitrogens with one attached hydrogen (secondary N) is 2. The number of hydrogen-bond donors (Lipinski definition) is 2. The molecule has 1 saturated heterocycles. The first-order chi connectivity index (χ1) is 9.58. The van der Waals surface area contributed by atoms with Crippen LogP contribution < -0.4 is 10.6 Å². The van der Waals surface area contributed by atoms with Crippen LogP contribution >= 0.6 is 0 Å². The highest BCUT2D eigenvalue weighted by Gasteiger charge is 2.37. The van der Waals surface area contributed by atoms with Crippen LogP contribution in [0.1, 0.15) is 50.3 Å². The van der Waals surface area contributed by atoms with Crippen molar-refractivity contribution < 1.29 is 4.79 Å². The van der Waals surface area contributed by atoms with Crippen LogP contribution in [0.3, 0.4) is 0 Å². The van der Waals surface area contributed by atoms with Crippen LogP contribution in [0.4, 0.5) is 0 Å². The number of amides is 1. The smallest absolute Gasteiger partial charge is 0.223 e. The van der Waals surface area contributed by atoms with Crippen LogP contribution in [-0.2, 0) is 10.2 Å². The summed E-state index contributed by atoms with van der Waals surface area (Å²) in [6.07, 6.45) is 2.93. The van der Waals surface area contributed by atoms with Gasteiger partial charge in [0.1, 0.15) is 0 Å². The summed E-state index contributed by atoms with van der Waals surface area (Å²) < 4.78 is 0. The summed E-state index contributed by atoms with van der Waals surface area (Å²) in [6.45, 7) is 6.46. The van der Waals surface area contributed by atoms with Crippen molar-refractivity contribution in [3.8, 4) is 0 Å². The molecule has 1 heterocycles. The molecule has 1 aliphatic carbocycles. The van der Waals surface area contributed by atoms with Crippen LogP contribution in [-0.4, -0.2) is 19.0 Å². The lowest BCUT2D eigenvalue weighted by Crippen LogP contribution is -2.39. The van der Waals surface area contributed by atoms with E-state index in [0.717, 1.165) is 32.4 Å². The zero-order valence-electron chi connectivity index (χ0n) is 12.4. The maximum Gasteiger partial charge on any atom is 0.223 e. The van der Waals surface area contributed by atoms with Crippen molar-refractivity contribution in [3.05, 3.63) is 35.4 Å². The third-order valence-corrected chi connectivity index (χ3v) is 4.81. The molecule has 1 aliphatic heterocycles. The summed E-state index contributed by atoms with van der Waals surface area (Å²) in [5.41, 5.74) is 2.85. The highest BCUT2D eigenvalue weighted by Crippen LogP contribution is 2.44. The summed E-state index contributed by atoms with van der Waals surface area (Å²) in [5.74, 6) is 0.427. The van der Waals surface area contributed by atoms with Gasteiger partial charge in [-0.25, -0.2) is 0 Å². The SMILES string of the molecule is CC1(C)CC(NC(=O)C2CCNCC2)c2ccccc21. The molecule has 3 rings (SSSR count). The van der Waals surface area contributed by atoms with E-state index in [2.05, 4.69) is 48.7 Å². The van der Waals surface area contributed by atoms with Crippen molar-refractivity contribution in [2.45, 2.75) is 44.6 Å². The molecular weight excluding hydrogens is 248 g/mol. The number of fused-ring (bicyclic) bond motifs is 1. The number of piperidine rings is 1. The Bertz CT molecular complexity index is 503.